The first-order valence-corrected chi connectivity index (χ1v) is 12.0. The molecule has 1 aliphatic heterocycles. The van der Waals surface area contributed by atoms with Gasteiger partial charge in [0.15, 0.2) is 5.82 Å². The van der Waals surface area contributed by atoms with Crippen molar-refractivity contribution in [2.24, 2.45) is 0 Å². The lowest BCUT2D eigenvalue weighted by Gasteiger charge is -2.32. The lowest BCUT2D eigenvalue weighted by atomic mass is 9.78. The van der Waals surface area contributed by atoms with E-state index in [-0.39, 0.29) is 18.3 Å². The van der Waals surface area contributed by atoms with Gasteiger partial charge in [-0.2, -0.15) is 0 Å². The zero-order valence-corrected chi connectivity index (χ0v) is 20.4. The van der Waals surface area contributed by atoms with E-state index in [1.54, 1.807) is 0 Å². The van der Waals surface area contributed by atoms with Gasteiger partial charge in [0, 0.05) is 21.9 Å². The SMILES string of the molecule is CC1(C)OB(c2ccc(-c3nc(-c4ccccc4)nc4c3ccc3ccccc34)cc2)OC1(C)C. The smallest absolute Gasteiger partial charge is 0.399 e. The van der Waals surface area contributed by atoms with Gasteiger partial charge in [0.1, 0.15) is 0 Å². The Kier molecular flexibility index (Phi) is 5.03. The quantitative estimate of drug-likeness (QED) is 0.231. The fraction of sp³-hybridized carbons (Fsp3) is 0.200. The maximum atomic E-state index is 6.24. The van der Waals surface area contributed by atoms with Gasteiger partial charge in [-0.25, -0.2) is 9.97 Å². The van der Waals surface area contributed by atoms with Crippen LogP contribution in [0.3, 0.4) is 0 Å². The molecule has 1 saturated heterocycles. The Bertz CT molecular complexity index is 1530. The van der Waals surface area contributed by atoms with E-state index < -0.39 is 0 Å². The van der Waals surface area contributed by atoms with Crippen molar-refractivity contribution in [2.45, 2.75) is 38.9 Å². The third-order valence-corrected chi connectivity index (χ3v) is 7.33. The lowest BCUT2D eigenvalue weighted by molar-refractivity contribution is 0.00578. The molecule has 0 amide bonds. The molecule has 0 spiro atoms. The molecule has 0 aliphatic carbocycles. The second kappa shape index (κ2) is 8.01. The van der Waals surface area contributed by atoms with Gasteiger partial charge in [-0.3, -0.25) is 0 Å². The summed E-state index contributed by atoms with van der Waals surface area (Å²) in [7, 11) is -0.389. The van der Waals surface area contributed by atoms with E-state index in [0.29, 0.717) is 0 Å². The molecule has 0 unspecified atom stereocenters. The van der Waals surface area contributed by atoms with Crippen LogP contribution in [0, 0.1) is 0 Å². The molecule has 1 aliphatic rings. The Labute approximate surface area is 206 Å². The van der Waals surface area contributed by atoms with Crippen molar-refractivity contribution in [1.29, 1.82) is 0 Å². The average molecular weight is 458 g/mol. The Morgan fingerprint density at radius 1 is 0.600 bits per heavy atom. The highest BCUT2D eigenvalue weighted by Crippen LogP contribution is 2.37. The summed E-state index contributed by atoms with van der Waals surface area (Å²) in [4.78, 5) is 10.1. The van der Waals surface area contributed by atoms with Crippen molar-refractivity contribution in [3.05, 3.63) is 91.0 Å². The standard InChI is InChI=1S/C30H27BN2O2/c1-29(2)30(3,4)35-31(34-29)23-17-14-21(15-18-23)26-25-19-16-20-10-8-9-13-24(20)27(25)33-28(32-26)22-11-6-5-7-12-22/h5-19H,1-4H3. The number of hydrogen-bond donors (Lipinski definition) is 0. The summed E-state index contributed by atoms with van der Waals surface area (Å²) in [6.45, 7) is 8.29. The second-order valence-electron chi connectivity index (χ2n) is 10.2. The average Bonchev–Trinajstić information content (AvgIpc) is 3.10. The van der Waals surface area contributed by atoms with Crippen molar-refractivity contribution in [2.75, 3.05) is 0 Å². The molecule has 4 aromatic carbocycles. The minimum Gasteiger partial charge on any atom is -0.399 e. The van der Waals surface area contributed by atoms with Crippen LogP contribution in [0.15, 0.2) is 91.0 Å². The third kappa shape index (κ3) is 3.72. The van der Waals surface area contributed by atoms with Crippen molar-refractivity contribution in [3.63, 3.8) is 0 Å². The van der Waals surface area contributed by atoms with Crippen molar-refractivity contribution >= 4 is 34.3 Å². The number of aromatic nitrogens is 2. The summed E-state index contributed by atoms with van der Waals surface area (Å²) in [5, 5.41) is 3.33. The molecular formula is C30H27BN2O2. The van der Waals surface area contributed by atoms with Crippen LogP contribution in [0.5, 0.6) is 0 Å². The van der Waals surface area contributed by atoms with E-state index in [0.717, 1.165) is 44.4 Å². The Balaban J connectivity index is 1.49. The number of benzene rings is 4. The van der Waals surface area contributed by atoms with Gasteiger partial charge in [0.2, 0.25) is 0 Å². The summed E-state index contributed by atoms with van der Waals surface area (Å²) in [6.07, 6.45) is 0. The highest BCUT2D eigenvalue weighted by molar-refractivity contribution is 6.62. The Hall–Kier alpha value is -3.54. The summed E-state index contributed by atoms with van der Waals surface area (Å²) < 4.78 is 12.5. The molecule has 5 aromatic rings. The number of nitrogens with zero attached hydrogens (tertiary/aromatic N) is 2. The molecule has 172 valence electrons. The molecule has 0 bridgehead atoms. The predicted molar refractivity (Wildman–Crippen MR) is 144 cm³/mol. The maximum absolute atomic E-state index is 6.24. The van der Waals surface area contributed by atoms with Crippen LogP contribution in [0.4, 0.5) is 0 Å². The topological polar surface area (TPSA) is 44.2 Å². The van der Waals surface area contributed by atoms with Crippen LogP contribution in [0.25, 0.3) is 44.3 Å². The predicted octanol–water partition coefficient (Wildman–Crippen LogP) is 6.42. The molecule has 0 N–H and O–H groups in total. The normalized spacial score (nSPS) is 16.7. The number of rotatable bonds is 3. The maximum Gasteiger partial charge on any atom is 0.494 e. The molecule has 2 heterocycles. The molecule has 6 rings (SSSR count). The van der Waals surface area contributed by atoms with Gasteiger partial charge < -0.3 is 9.31 Å². The van der Waals surface area contributed by atoms with Crippen LogP contribution in [0.2, 0.25) is 0 Å². The minimum atomic E-state index is -0.389. The van der Waals surface area contributed by atoms with E-state index in [1.165, 1.54) is 5.39 Å². The Morgan fingerprint density at radius 3 is 1.97 bits per heavy atom. The highest BCUT2D eigenvalue weighted by Gasteiger charge is 2.51. The molecular weight excluding hydrogens is 431 g/mol. The van der Waals surface area contributed by atoms with Gasteiger partial charge >= 0.3 is 7.12 Å². The molecule has 1 fully saturated rings. The van der Waals surface area contributed by atoms with Crippen LogP contribution < -0.4 is 5.46 Å². The van der Waals surface area contributed by atoms with E-state index in [1.807, 2.05) is 18.2 Å². The van der Waals surface area contributed by atoms with E-state index >= 15 is 0 Å². The van der Waals surface area contributed by atoms with Gasteiger partial charge in [-0.15, -0.1) is 0 Å². The second-order valence-corrected chi connectivity index (χ2v) is 10.2. The van der Waals surface area contributed by atoms with Gasteiger partial charge in [-0.1, -0.05) is 84.9 Å². The van der Waals surface area contributed by atoms with E-state index in [4.69, 9.17) is 19.3 Å². The molecule has 35 heavy (non-hydrogen) atoms. The van der Waals surface area contributed by atoms with Crippen LogP contribution in [-0.4, -0.2) is 28.3 Å². The van der Waals surface area contributed by atoms with Crippen molar-refractivity contribution in [3.8, 4) is 22.6 Å². The summed E-state index contributed by atoms with van der Waals surface area (Å²) in [5.41, 5.74) is 4.17. The number of fused-ring (bicyclic) bond motifs is 3. The monoisotopic (exact) mass is 458 g/mol. The van der Waals surface area contributed by atoms with Crippen LogP contribution in [-0.2, 0) is 9.31 Å². The first-order chi connectivity index (χ1) is 16.8. The molecule has 1 aromatic heterocycles. The molecule has 0 saturated carbocycles. The zero-order valence-electron chi connectivity index (χ0n) is 20.4. The first kappa shape index (κ1) is 22.0. The summed E-state index contributed by atoms with van der Waals surface area (Å²) in [5.74, 6) is 0.722. The van der Waals surface area contributed by atoms with Crippen LogP contribution in [0.1, 0.15) is 27.7 Å². The van der Waals surface area contributed by atoms with Crippen LogP contribution >= 0.6 is 0 Å². The molecule has 0 radical (unpaired) electrons. The molecule has 0 atom stereocenters. The minimum absolute atomic E-state index is 0.370. The van der Waals surface area contributed by atoms with E-state index in [2.05, 4.69) is 100 Å². The fourth-order valence-corrected chi connectivity index (χ4v) is 4.58. The fourth-order valence-electron chi connectivity index (χ4n) is 4.58. The zero-order chi connectivity index (χ0) is 24.2. The number of hydrogen-bond acceptors (Lipinski definition) is 4. The largest absolute Gasteiger partial charge is 0.494 e. The Morgan fingerprint density at radius 2 is 1.26 bits per heavy atom. The van der Waals surface area contributed by atoms with Crippen molar-refractivity contribution in [1.82, 2.24) is 9.97 Å². The van der Waals surface area contributed by atoms with Crippen molar-refractivity contribution < 1.29 is 9.31 Å². The van der Waals surface area contributed by atoms with Gasteiger partial charge in [-0.05, 0) is 44.6 Å². The summed E-state index contributed by atoms with van der Waals surface area (Å²) >= 11 is 0. The third-order valence-electron chi connectivity index (χ3n) is 7.33. The first-order valence-electron chi connectivity index (χ1n) is 12.0. The molecule has 4 nitrogen and oxygen atoms in total. The lowest BCUT2D eigenvalue weighted by Crippen LogP contribution is -2.41. The van der Waals surface area contributed by atoms with Gasteiger partial charge in [0.05, 0.1) is 22.4 Å². The summed E-state index contributed by atoms with van der Waals surface area (Å²) in [6, 6.07) is 31.2. The highest BCUT2D eigenvalue weighted by atomic mass is 16.7. The van der Waals surface area contributed by atoms with Gasteiger partial charge in [0.25, 0.3) is 0 Å². The molecule has 5 heteroatoms. The van der Waals surface area contributed by atoms with E-state index in [9.17, 15) is 0 Å².